The zero-order valence-electron chi connectivity index (χ0n) is 17.3. The lowest BCUT2D eigenvalue weighted by atomic mass is 9.93. The fourth-order valence-corrected chi connectivity index (χ4v) is 5.23. The van der Waals surface area contributed by atoms with Gasteiger partial charge in [-0.15, -0.1) is 0 Å². The van der Waals surface area contributed by atoms with Gasteiger partial charge in [0.2, 0.25) is 5.91 Å². The summed E-state index contributed by atoms with van der Waals surface area (Å²) in [5.41, 5.74) is 0. The van der Waals surface area contributed by atoms with E-state index in [1.165, 1.54) is 71.1 Å². The predicted molar refractivity (Wildman–Crippen MR) is 108 cm³/mol. The maximum absolute atomic E-state index is 12.5. The maximum Gasteiger partial charge on any atom is 0.222 e. The van der Waals surface area contributed by atoms with Crippen molar-refractivity contribution >= 4 is 5.91 Å². The third kappa shape index (κ3) is 5.69. The Balaban J connectivity index is 1.42. The number of nitrogens with zero attached hydrogens (tertiary/aromatic N) is 3. The van der Waals surface area contributed by atoms with Crippen LogP contribution in [0.15, 0.2) is 0 Å². The highest BCUT2D eigenvalue weighted by Gasteiger charge is 2.30. The highest BCUT2D eigenvalue weighted by Crippen LogP contribution is 2.25. The molecule has 0 N–H and O–H groups in total. The number of carbonyl (C=O) groups excluding carboxylic acids is 1. The summed E-state index contributed by atoms with van der Waals surface area (Å²) in [6.45, 7) is 11.4. The van der Waals surface area contributed by atoms with E-state index in [9.17, 15) is 4.79 Å². The fourth-order valence-electron chi connectivity index (χ4n) is 5.23. The molecular weight excluding hydrogens is 322 g/mol. The van der Waals surface area contributed by atoms with Gasteiger partial charge in [0.1, 0.15) is 0 Å². The first kappa shape index (κ1) is 20.1. The topological polar surface area (TPSA) is 26.8 Å². The number of hydrogen-bond acceptors (Lipinski definition) is 3. The Morgan fingerprint density at radius 1 is 0.846 bits per heavy atom. The van der Waals surface area contributed by atoms with Gasteiger partial charge in [-0.3, -0.25) is 14.6 Å². The van der Waals surface area contributed by atoms with Crippen LogP contribution < -0.4 is 0 Å². The normalized spacial score (nSPS) is 27.9. The second-order valence-corrected chi connectivity index (χ2v) is 9.26. The molecule has 4 nitrogen and oxygen atoms in total. The van der Waals surface area contributed by atoms with Crippen LogP contribution in [0.3, 0.4) is 0 Å². The summed E-state index contributed by atoms with van der Waals surface area (Å²) in [6.07, 6.45) is 12.6. The van der Waals surface area contributed by atoms with Crippen molar-refractivity contribution in [1.82, 2.24) is 14.7 Å². The number of piperazine rings is 1. The summed E-state index contributed by atoms with van der Waals surface area (Å²) in [7, 11) is 0. The van der Waals surface area contributed by atoms with Gasteiger partial charge in [0.05, 0.1) is 0 Å². The van der Waals surface area contributed by atoms with Gasteiger partial charge in [-0.1, -0.05) is 33.1 Å². The molecule has 0 bridgehead atoms. The third-order valence-electron chi connectivity index (χ3n) is 6.94. The van der Waals surface area contributed by atoms with Gasteiger partial charge >= 0.3 is 0 Å². The van der Waals surface area contributed by atoms with Crippen molar-refractivity contribution in [2.24, 2.45) is 5.92 Å². The molecule has 1 aliphatic carbocycles. The molecule has 1 saturated carbocycles. The molecule has 2 saturated heterocycles. The first-order chi connectivity index (χ1) is 12.6. The SMILES string of the molecule is CC(C)CCCN1CC[C@@H](N2CCN(C3CCCCC3)CC2)CCC1=O. The molecule has 1 atom stereocenters. The van der Waals surface area contributed by atoms with Crippen LogP contribution >= 0.6 is 0 Å². The van der Waals surface area contributed by atoms with Crippen LogP contribution in [0.5, 0.6) is 0 Å². The minimum absolute atomic E-state index is 0.400. The van der Waals surface area contributed by atoms with Crippen molar-refractivity contribution in [3.8, 4) is 0 Å². The molecule has 3 aliphatic rings. The first-order valence-electron chi connectivity index (χ1n) is 11.4. The zero-order chi connectivity index (χ0) is 18.4. The molecule has 3 fully saturated rings. The first-order valence-corrected chi connectivity index (χ1v) is 11.4. The molecule has 4 heteroatoms. The highest BCUT2D eigenvalue weighted by molar-refractivity contribution is 5.76. The van der Waals surface area contributed by atoms with Gasteiger partial charge in [0, 0.05) is 57.8 Å². The van der Waals surface area contributed by atoms with Crippen molar-refractivity contribution in [2.75, 3.05) is 39.3 Å². The van der Waals surface area contributed by atoms with E-state index >= 15 is 0 Å². The smallest absolute Gasteiger partial charge is 0.222 e. The van der Waals surface area contributed by atoms with Crippen LogP contribution in [0.2, 0.25) is 0 Å². The van der Waals surface area contributed by atoms with E-state index in [0.29, 0.717) is 11.9 Å². The van der Waals surface area contributed by atoms with E-state index in [4.69, 9.17) is 0 Å². The Morgan fingerprint density at radius 2 is 1.46 bits per heavy atom. The maximum atomic E-state index is 12.5. The van der Waals surface area contributed by atoms with Gasteiger partial charge < -0.3 is 4.90 Å². The minimum Gasteiger partial charge on any atom is -0.343 e. The van der Waals surface area contributed by atoms with Crippen molar-refractivity contribution in [1.29, 1.82) is 0 Å². The average Bonchev–Trinajstić information content (AvgIpc) is 2.84. The molecule has 3 rings (SSSR count). The zero-order valence-corrected chi connectivity index (χ0v) is 17.3. The fraction of sp³-hybridized carbons (Fsp3) is 0.955. The van der Waals surface area contributed by atoms with E-state index in [2.05, 4.69) is 28.5 Å². The van der Waals surface area contributed by atoms with E-state index in [-0.39, 0.29) is 0 Å². The van der Waals surface area contributed by atoms with Crippen molar-refractivity contribution in [2.45, 2.75) is 90.1 Å². The average molecular weight is 364 g/mol. The van der Waals surface area contributed by atoms with E-state index in [1.807, 2.05) is 0 Å². The summed E-state index contributed by atoms with van der Waals surface area (Å²) in [6, 6.07) is 1.49. The summed E-state index contributed by atoms with van der Waals surface area (Å²) in [4.78, 5) is 20.1. The molecule has 1 amide bonds. The third-order valence-corrected chi connectivity index (χ3v) is 6.94. The second kappa shape index (κ2) is 10.1. The molecule has 0 aromatic carbocycles. The summed E-state index contributed by atoms with van der Waals surface area (Å²) in [5.74, 6) is 1.14. The lowest BCUT2D eigenvalue weighted by molar-refractivity contribution is -0.130. The van der Waals surface area contributed by atoms with Crippen LogP contribution in [-0.2, 0) is 4.79 Å². The molecule has 0 unspecified atom stereocenters. The van der Waals surface area contributed by atoms with Crippen molar-refractivity contribution < 1.29 is 4.79 Å². The highest BCUT2D eigenvalue weighted by atomic mass is 16.2. The Kier molecular flexibility index (Phi) is 7.80. The molecule has 0 radical (unpaired) electrons. The summed E-state index contributed by atoms with van der Waals surface area (Å²) >= 11 is 0. The molecule has 0 spiro atoms. The Labute approximate surface area is 161 Å². The molecule has 0 aromatic rings. The number of rotatable bonds is 6. The van der Waals surface area contributed by atoms with Crippen LogP contribution in [0.4, 0.5) is 0 Å². The van der Waals surface area contributed by atoms with Crippen LogP contribution in [0.1, 0.15) is 78.1 Å². The standard InChI is InChI=1S/C22H41N3O/c1-19(2)7-6-13-25-14-12-21(10-11-22(25)26)24-17-15-23(16-18-24)20-8-4-3-5-9-20/h19-21H,3-18H2,1-2H3/t21-/m0/s1. The van der Waals surface area contributed by atoms with E-state index < -0.39 is 0 Å². The van der Waals surface area contributed by atoms with Gasteiger partial charge in [-0.05, 0) is 44.4 Å². The lowest BCUT2D eigenvalue weighted by Gasteiger charge is -2.43. The van der Waals surface area contributed by atoms with Gasteiger partial charge in [0.15, 0.2) is 0 Å². The van der Waals surface area contributed by atoms with Gasteiger partial charge in [-0.25, -0.2) is 0 Å². The molecule has 0 aromatic heterocycles. The van der Waals surface area contributed by atoms with Crippen LogP contribution in [0.25, 0.3) is 0 Å². The number of carbonyl (C=O) groups is 1. The summed E-state index contributed by atoms with van der Waals surface area (Å²) < 4.78 is 0. The number of hydrogen-bond donors (Lipinski definition) is 0. The van der Waals surface area contributed by atoms with Crippen molar-refractivity contribution in [3.05, 3.63) is 0 Å². The van der Waals surface area contributed by atoms with Gasteiger partial charge in [0.25, 0.3) is 0 Å². The lowest BCUT2D eigenvalue weighted by Crippen LogP contribution is -2.53. The van der Waals surface area contributed by atoms with Crippen LogP contribution in [-0.4, -0.2) is 72.0 Å². The van der Waals surface area contributed by atoms with E-state index in [0.717, 1.165) is 44.3 Å². The minimum atomic E-state index is 0.400. The van der Waals surface area contributed by atoms with Crippen molar-refractivity contribution in [3.63, 3.8) is 0 Å². The molecule has 2 heterocycles. The van der Waals surface area contributed by atoms with E-state index in [1.54, 1.807) is 0 Å². The molecule has 26 heavy (non-hydrogen) atoms. The Bertz CT molecular complexity index is 425. The molecule has 2 aliphatic heterocycles. The van der Waals surface area contributed by atoms with Gasteiger partial charge in [-0.2, -0.15) is 0 Å². The molecule has 150 valence electrons. The monoisotopic (exact) mass is 363 g/mol. The Morgan fingerprint density at radius 3 is 2.08 bits per heavy atom. The Hall–Kier alpha value is -0.610. The second-order valence-electron chi connectivity index (χ2n) is 9.26. The van der Waals surface area contributed by atoms with Crippen LogP contribution in [0, 0.1) is 5.92 Å². The molecular formula is C22H41N3O. The number of amides is 1. The number of likely N-dealkylation sites (tertiary alicyclic amines) is 1. The largest absolute Gasteiger partial charge is 0.343 e. The quantitative estimate of drug-likeness (QED) is 0.719. The predicted octanol–water partition coefficient (Wildman–Crippen LogP) is 3.75. The summed E-state index contributed by atoms with van der Waals surface area (Å²) in [5, 5.41) is 0.